The minimum atomic E-state index is -0.898. The molecule has 5 heteroatoms. The molecule has 2 N–H and O–H groups in total. The fourth-order valence-electron chi connectivity index (χ4n) is 2.61. The number of aliphatic carboxylic acids is 1. The molecule has 2 rings (SSSR count). The second-order valence-electron chi connectivity index (χ2n) is 5.69. The van der Waals surface area contributed by atoms with Gasteiger partial charge in [-0.2, -0.15) is 0 Å². The number of carboxylic acid groups (broad SMARTS) is 1. The topological polar surface area (TPSA) is 66.8 Å². The second-order valence-corrected chi connectivity index (χ2v) is 5.69. The molecule has 24 heavy (non-hydrogen) atoms. The molecule has 2 aromatic carbocycles. The lowest BCUT2D eigenvalue weighted by Crippen LogP contribution is -2.04. The summed E-state index contributed by atoms with van der Waals surface area (Å²) in [5, 5.41) is 18.0. The van der Waals surface area contributed by atoms with Crippen LogP contribution < -0.4 is 4.74 Å². The molecule has 0 spiro atoms. The number of aliphatic hydroxyl groups is 1. The summed E-state index contributed by atoms with van der Waals surface area (Å²) >= 11 is 0. The molecule has 0 aliphatic carbocycles. The monoisotopic (exact) mass is 332 g/mol. The van der Waals surface area contributed by atoms with Crippen LogP contribution in [0.1, 0.15) is 29.5 Å². The first-order valence-electron chi connectivity index (χ1n) is 7.78. The predicted octanol–water partition coefficient (Wildman–Crippen LogP) is 3.85. The molecule has 0 heterocycles. The van der Waals surface area contributed by atoms with E-state index in [9.17, 15) is 14.3 Å². The zero-order valence-electron chi connectivity index (χ0n) is 13.8. The highest BCUT2D eigenvalue weighted by atomic mass is 19.1. The van der Waals surface area contributed by atoms with E-state index in [0.717, 1.165) is 27.8 Å². The Morgan fingerprint density at radius 2 is 1.96 bits per heavy atom. The number of carboxylic acids is 1. The van der Waals surface area contributed by atoms with Crippen molar-refractivity contribution < 1.29 is 24.1 Å². The van der Waals surface area contributed by atoms with E-state index in [1.54, 1.807) is 6.07 Å². The summed E-state index contributed by atoms with van der Waals surface area (Å²) in [7, 11) is 0. The summed E-state index contributed by atoms with van der Waals surface area (Å²) in [5.74, 6) is -1.26. The van der Waals surface area contributed by atoms with Gasteiger partial charge in [0.05, 0.1) is 13.2 Å². The van der Waals surface area contributed by atoms with E-state index in [1.807, 2.05) is 32.0 Å². The summed E-state index contributed by atoms with van der Waals surface area (Å²) in [5.41, 5.74) is 4.19. The van der Waals surface area contributed by atoms with Crippen molar-refractivity contribution in [1.82, 2.24) is 0 Å². The molecule has 0 bridgehead atoms. The van der Waals surface area contributed by atoms with Gasteiger partial charge in [-0.1, -0.05) is 18.2 Å². The van der Waals surface area contributed by atoms with Crippen LogP contribution in [-0.2, 0) is 11.4 Å². The normalized spacial score (nSPS) is 10.7. The van der Waals surface area contributed by atoms with Gasteiger partial charge in [-0.15, -0.1) is 0 Å². The van der Waals surface area contributed by atoms with Crippen LogP contribution in [0.3, 0.4) is 0 Å². The maximum Gasteiger partial charge on any atom is 0.303 e. The fraction of sp³-hybridized carbons (Fsp3) is 0.316. The summed E-state index contributed by atoms with van der Waals surface area (Å²) in [6, 6.07) is 8.61. The first-order chi connectivity index (χ1) is 11.4. The van der Waals surface area contributed by atoms with Crippen LogP contribution in [0.5, 0.6) is 5.75 Å². The highest BCUT2D eigenvalue weighted by Gasteiger charge is 2.13. The number of carbonyl (C=O) groups is 1. The average molecular weight is 332 g/mol. The van der Waals surface area contributed by atoms with Crippen LogP contribution in [0, 0.1) is 19.7 Å². The van der Waals surface area contributed by atoms with Gasteiger partial charge in [0, 0.05) is 6.42 Å². The Bertz CT molecular complexity index is 740. The van der Waals surface area contributed by atoms with Crippen LogP contribution in [0.2, 0.25) is 0 Å². The lowest BCUT2D eigenvalue weighted by atomic mass is 9.93. The molecule has 0 atom stereocenters. The minimum Gasteiger partial charge on any atom is -0.490 e. The molecule has 128 valence electrons. The summed E-state index contributed by atoms with van der Waals surface area (Å²) in [6.45, 7) is 3.85. The van der Waals surface area contributed by atoms with Crippen molar-refractivity contribution in [2.24, 2.45) is 0 Å². The van der Waals surface area contributed by atoms with Crippen molar-refractivity contribution in [2.75, 3.05) is 6.61 Å². The van der Waals surface area contributed by atoms with Gasteiger partial charge in [0.1, 0.15) is 0 Å². The lowest BCUT2D eigenvalue weighted by Gasteiger charge is -2.15. The molecular weight excluding hydrogens is 311 g/mol. The molecule has 0 saturated carbocycles. The average Bonchev–Trinajstić information content (AvgIpc) is 2.54. The Morgan fingerprint density at radius 1 is 1.21 bits per heavy atom. The Hall–Kier alpha value is -2.40. The van der Waals surface area contributed by atoms with Crippen molar-refractivity contribution in [2.45, 2.75) is 33.3 Å². The quantitative estimate of drug-likeness (QED) is 0.756. The van der Waals surface area contributed by atoms with Crippen LogP contribution in [0.15, 0.2) is 30.3 Å². The lowest BCUT2D eigenvalue weighted by molar-refractivity contribution is -0.137. The molecule has 0 amide bonds. The van der Waals surface area contributed by atoms with Gasteiger partial charge in [-0.3, -0.25) is 4.79 Å². The number of halogens is 1. The predicted molar refractivity (Wildman–Crippen MR) is 89.6 cm³/mol. The number of aryl methyl sites for hydroxylation is 1. The molecule has 0 aromatic heterocycles. The molecule has 0 fully saturated rings. The van der Waals surface area contributed by atoms with Crippen molar-refractivity contribution in [3.8, 4) is 16.9 Å². The van der Waals surface area contributed by atoms with E-state index < -0.39 is 11.8 Å². The highest BCUT2D eigenvalue weighted by molar-refractivity contribution is 5.72. The number of rotatable bonds is 7. The zero-order valence-corrected chi connectivity index (χ0v) is 13.8. The first kappa shape index (κ1) is 17.9. The third-order valence-corrected chi connectivity index (χ3v) is 3.98. The number of hydrogen-bond acceptors (Lipinski definition) is 3. The maximum atomic E-state index is 14.3. The number of hydrogen-bond donors (Lipinski definition) is 2. The van der Waals surface area contributed by atoms with Crippen molar-refractivity contribution in [3.63, 3.8) is 0 Å². The SMILES string of the molecule is Cc1cc(OCCCC(=O)O)c(F)cc1-c1cccc(CO)c1C. The first-order valence-corrected chi connectivity index (χ1v) is 7.78. The van der Waals surface area contributed by atoms with Crippen LogP contribution in [0.25, 0.3) is 11.1 Å². The Balaban J connectivity index is 2.25. The van der Waals surface area contributed by atoms with E-state index in [-0.39, 0.29) is 25.4 Å². The third kappa shape index (κ3) is 4.11. The van der Waals surface area contributed by atoms with E-state index >= 15 is 0 Å². The second kappa shape index (κ2) is 7.93. The van der Waals surface area contributed by atoms with Crippen LogP contribution >= 0.6 is 0 Å². The largest absolute Gasteiger partial charge is 0.490 e. The van der Waals surface area contributed by atoms with Gasteiger partial charge in [-0.25, -0.2) is 4.39 Å². The molecule has 0 unspecified atom stereocenters. The molecule has 0 aliphatic rings. The van der Waals surface area contributed by atoms with Gasteiger partial charge in [0.25, 0.3) is 0 Å². The number of benzene rings is 2. The van der Waals surface area contributed by atoms with Crippen molar-refractivity contribution >= 4 is 5.97 Å². The zero-order chi connectivity index (χ0) is 17.7. The van der Waals surface area contributed by atoms with Crippen molar-refractivity contribution in [3.05, 3.63) is 52.8 Å². The molecule has 0 saturated heterocycles. The van der Waals surface area contributed by atoms with E-state index in [1.165, 1.54) is 6.07 Å². The molecule has 4 nitrogen and oxygen atoms in total. The third-order valence-electron chi connectivity index (χ3n) is 3.98. The van der Waals surface area contributed by atoms with E-state index in [4.69, 9.17) is 9.84 Å². The van der Waals surface area contributed by atoms with Gasteiger partial charge >= 0.3 is 5.97 Å². The molecule has 2 aromatic rings. The van der Waals surface area contributed by atoms with E-state index in [0.29, 0.717) is 6.42 Å². The summed E-state index contributed by atoms with van der Waals surface area (Å²) < 4.78 is 19.7. The smallest absolute Gasteiger partial charge is 0.303 e. The van der Waals surface area contributed by atoms with Gasteiger partial charge in [0.15, 0.2) is 11.6 Å². The van der Waals surface area contributed by atoms with Crippen LogP contribution in [-0.4, -0.2) is 22.8 Å². The summed E-state index contributed by atoms with van der Waals surface area (Å²) in [4.78, 5) is 10.5. The Morgan fingerprint density at radius 3 is 2.62 bits per heavy atom. The highest BCUT2D eigenvalue weighted by Crippen LogP contribution is 2.32. The standard InChI is InChI=1S/C19H21FO4/c1-12-9-18(24-8-4-7-19(22)23)17(20)10-16(12)15-6-3-5-14(11-21)13(15)2/h3,5-6,9-10,21H,4,7-8,11H2,1-2H3,(H,22,23). The Labute approximate surface area is 140 Å². The van der Waals surface area contributed by atoms with Crippen LogP contribution in [0.4, 0.5) is 4.39 Å². The maximum absolute atomic E-state index is 14.3. The van der Waals surface area contributed by atoms with Crippen molar-refractivity contribution in [1.29, 1.82) is 0 Å². The van der Waals surface area contributed by atoms with Gasteiger partial charge in [0.2, 0.25) is 0 Å². The van der Waals surface area contributed by atoms with E-state index in [2.05, 4.69) is 0 Å². The summed E-state index contributed by atoms with van der Waals surface area (Å²) in [6.07, 6.45) is 0.319. The number of ether oxygens (including phenoxy) is 1. The Kier molecular flexibility index (Phi) is 5.93. The molecule has 0 radical (unpaired) electrons. The van der Waals surface area contributed by atoms with Gasteiger partial charge in [-0.05, 0) is 60.2 Å². The minimum absolute atomic E-state index is 0.00810. The fourth-order valence-corrected chi connectivity index (χ4v) is 2.61. The van der Waals surface area contributed by atoms with Gasteiger partial charge < -0.3 is 14.9 Å². The molecular formula is C19H21FO4. The molecule has 0 aliphatic heterocycles. The number of aliphatic hydroxyl groups excluding tert-OH is 1.